The maximum absolute atomic E-state index is 13.5. The lowest BCUT2D eigenvalue weighted by Gasteiger charge is -2.46. The van der Waals surface area contributed by atoms with Crippen molar-refractivity contribution in [1.29, 1.82) is 0 Å². The van der Waals surface area contributed by atoms with E-state index in [1.165, 1.54) is 12.1 Å². The van der Waals surface area contributed by atoms with Gasteiger partial charge in [0.2, 0.25) is 0 Å². The molecule has 150 valence electrons. The molecule has 4 rings (SSSR count). The summed E-state index contributed by atoms with van der Waals surface area (Å²) in [7, 11) is 0. The molecule has 0 aliphatic heterocycles. The lowest BCUT2D eigenvalue weighted by molar-refractivity contribution is -0.0711. The van der Waals surface area contributed by atoms with E-state index < -0.39 is 11.2 Å². The molecule has 0 saturated heterocycles. The molecule has 6 heteroatoms. The molecule has 0 spiro atoms. The number of rotatable bonds is 6. The van der Waals surface area contributed by atoms with Crippen LogP contribution in [0.15, 0.2) is 60.7 Å². The van der Waals surface area contributed by atoms with E-state index in [0.717, 1.165) is 11.1 Å². The number of pyridine rings is 1. The average molecular weight is 432 g/mol. The smallest absolute Gasteiger partial charge is 0.141 e. The molecule has 1 heterocycles. The van der Waals surface area contributed by atoms with Gasteiger partial charge in [-0.1, -0.05) is 53.5 Å². The molecule has 29 heavy (non-hydrogen) atoms. The molecule has 1 aromatic heterocycles. The number of ether oxygens (including phenoxy) is 1. The van der Waals surface area contributed by atoms with E-state index in [2.05, 4.69) is 4.98 Å². The zero-order valence-electron chi connectivity index (χ0n) is 15.6. The van der Waals surface area contributed by atoms with Crippen molar-refractivity contribution < 1.29 is 14.2 Å². The molecule has 1 fully saturated rings. The first-order valence-electron chi connectivity index (χ1n) is 9.39. The van der Waals surface area contributed by atoms with Crippen molar-refractivity contribution in [2.24, 2.45) is 0 Å². The van der Waals surface area contributed by atoms with Crippen molar-refractivity contribution in [3.05, 3.63) is 87.8 Å². The molecule has 1 aliphatic carbocycles. The number of halogens is 3. The zero-order chi connectivity index (χ0) is 20.4. The van der Waals surface area contributed by atoms with Crippen molar-refractivity contribution in [3.63, 3.8) is 0 Å². The summed E-state index contributed by atoms with van der Waals surface area (Å²) >= 11 is 12.2. The SMILES string of the molecule is OCC1(c2cc(Cl)nc(-c3ccc(F)c(Cl)c3)c2)CC(OCc2ccccc2)C1. The summed E-state index contributed by atoms with van der Waals surface area (Å²) in [4.78, 5) is 4.35. The Balaban J connectivity index is 1.52. The second-order valence-electron chi connectivity index (χ2n) is 7.46. The van der Waals surface area contributed by atoms with Crippen LogP contribution in [-0.2, 0) is 16.8 Å². The van der Waals surface area contributed by atoms with Crippen LogP contribution in [0.3, 0.4) is 0 Å². The van der Waals surface area contributed by atoms with Crippen molar-refractivity contribution in [1.82, 2.24) is 4.98 Å². The molecule has 0 amide bonds. The lowest BCUT2D eigenvalue weighted by atomic mass is 9.63. The van der Waals surface area contributed by atoms with Crippen molar-refractivity contribution >= 4 is 23.2 Å². The van der Waals surface area contributed by atoms with Crippen molar-refractivity contribution in [2.75, 3.05) is 6.61 Å². The van der Waals surface area contributed by atoms with Crippen molar-refractivity contribution in [3.8, 4) is 11.3 Å². The van der Waals surface area contributed by atoms with Crippen LogP contribution in [0.25, 0.3) is 11.3 Å². The first kappa shape index (κ1) is 20.3. The topological polar surface area (TPSA) is 42.4 Å². The number of benzene rings is 2. The maximum Gasteiger partial charge on any atom is 0.141 e. The number of hydrogen-bond acceptors (Lipinski definition) is 3. The van der Waals surface area contributed by atoms with Crippen LogP contribution >= 0.6 is 23.2 Å². The fraction of sp³-hybridized carbons (Fsp3) is 0.261. The highest BCUT2D eigenvalue weighted by molar-refractivity contribution is 6.31. The molecule has 0 unspecified atom stereocenters. The molecule has 0 atom stereocenters. The largest absolute Gasteiger partial charge is 0.395 e. The van der Waals surface area contributed by atoms with Gasteiger partial charge >= 0.3 is 0 Å². The van der Waals surface area contributed by atoms with Crippen molar-refractivity contribution in [2.45, 2.75) is 31.0 Å². The second-order valence-corrected chi connectivity index (χ2v) is 8.25. The zero-order valence-corrected chi connectivity index (χ0v) is 17.1. The fourth-order valence-electron chi connectivity index (χ4n) is 3.78. The number of hydrogen-bond donors (Lipinski definition) is 1. The Morgan fingerprint density at radius 2 is 1.83 bits per heavy atom. The van der Waals surface area contributed by atoms with Crippen LogP contribution in [0.4, 0.5) is 4.39 Å². The van der Waals surface area contributed by atoms with Gasteiger partial charge in [-0.15, -0.1) is 0 Å². The molecular weight excluding hydrogens is 412 g/mol. The van der Waals surface area contributed by atoms with Gasteiger partial charge in [-0.05, 0) is 54.3 Å². The van der Waals surface area contributed by atoms with Gasteiger partial charge in [-0.3, -0.25) is 0 Å². The van der Waals surface area contributed by atoms with Gasteiger partial charge in [0.15, 0.2) is 0 Å². The van der Waals surface area contributed by atoms with E-state index in [1.54, 1.807) is 12.1 Å². The molecular formula is C23H20Cl2FNO2. The predicted octanol–water partition coefficient (Wildman–Crippen LogP) is 5.80. The summed E-state index contributed by atoms with van der Waals surface area (Å²) in [5.74, 6) is -0.484. The third-order valence-corrected chi connectivity index (χ3v) is 5.97. The normalized spacial score (nSPS) is 21.0. The van der Waals surface area contributed by atoms with E-state index in [9.17, 15) is 9.50 Å². The lowest BCUT2D eigenvalue weighted by Crippen LogP contribution is -2.48. The second kappa shape index (κ2) is 8.41. The van der Waals surface area contributed by atoms with Crippen LogP contribution in [0.2, 0.25) is 10.2 Å². The number of nitrogens with zero attached hydrogens (tertiary/aromatic N) is 1. The quantitative estimate of drug-likeness (QED) is 0.501. The first-order chi connectivity index (χ1) is 14.0. The highest BCUT2D eigenvalue weighted by Gasteiger charge is 2.46. The summed E-state index contributed by atoms with van der Waals surface area (Å²) in [5.41, 5.74) is 2.86. The Kier molecular flexibility index (Phi) is 5.88. The molecule has 3 nitrogen and oxygen atoms in total. The van der Waals surface area contributed by atoms with E-state index in [1.807, 2.05) is 36.4 Å². The molecule has 3 aromatic rings. The summed E-state index contributed by atoms with van der Waals surface area (Å²) in [6, 6.07) is 18.1. The van der Waals surface area contributed by atoms with Crippen LogP contribution in [0, 0.1) is 5.82 Å². The third kappa shape index (κ3) is 4.31. The summed E-state index contributed by atoms with van der Waals surface area (Å²) in [6.45, 7) is 0.533. The molecule has 1 aliphatic rings. The highest BCUT2D eigenvalue weighted by atomic mass is 35.5. The van der Waals surface area contributed by atoms with Gasteiger partial charge in [0, 0.05) is 11.0 Å². The fourth-order valence-corrected chi connectivity index (χ4v) is 4.17. The third-order valence-electron chi connectivity index (χ3n) is 5.49. The number of aliphatic hydroxyl groups excluding tert-OH is 1. The molecule has 0 radical (unpaired) electrons. The Labute approximate surface area is 179 Å². The first-order valence-corrected chi connectivity index (χ1v) is 10.1. The Morgan fingerprint density at radius 1 is 1.07 bits per heavy atom. The van der Waals surface area contributed by atoms with Gasteiger partial charge in [-0.2, -0.15) is 0 Å². The van der Waals surface area contributed by atoms with E-state index in [-0.39, 0.29) is 17.7 Å². The maximum atomic E-state index is 13.5. The van der Waals surface area contributed by atoms with E-state index in [4.69, 9.17) is 27.9 Å². The summed E-state index contributed by atoms with van der Waals surface area (Å²) in [5, 5.41) is 10.5. The van der Waals surface area contributed by atoms with E-state index in [0.29, 0.717) is 35.9 Å². The number of aromatic nitrogens is 1. The summed E-state index contributed by atoms with van der Waals surface area (Å²) < 4.78 is 19.5. The molecule has 1 N–H and O–H groups in total. The predicted molar refractivity (Wildman–Crippen MR) is 113 cm³/mol. The Hall–Kier alpha value is -1.98. The van der Waals surface area contributed by atoms with Gasteiger partial charge in [0.05, 0.1) is 30.0 Å². The highest BCUT2D eigenvalue weighted by Crippen LogP contribution is 2.46. The Morgan fingerprint density at radius 3 is 2.52 bits per heavy atom. The summed E-state index contributed by atoms with van der Waals surface area (Å²) in [6.07, 6.45) is 1.46. The molecule has 2 aromatic carbocycles. The van der Waals surface area contributed by atoms with Crippen LogP contribution in [0.5, 0.6) is 0 Å². The van der Waals surface area contributed by atoms with Gasteiger partial charge < -0.3 is 9.84 Å². The average Bonchev–Trinajstić information content (AvgIpc) is 2.70. The van der Waals surface area contributed by atoms with Gasteiger partial charge in [0.25, 0.3) is 0 Å². The minimum absolute atomic E-state index is 0.0118. The number of aliphatic hydroxyl groups is 1. The van der Waals surface area contributed by atoms with Gasteiger partial charge in [-0.25, -0.2) is 9.37 Å². The minimum atomic E-state index is -0.484. The van der Waals surface area contributed by atoms with Crippen LogP contribution in [0.1, 0.15) is 24.0 Å². The monoisotopic (exact) mass is 431 g/mol. The molecule has 1 saturated carbocycles. The standard InChI is InChI=1S/C23H20Cl2FNO2/c24-19-8-16(6-7-20(19)26)21-9-17(10-22(25)27-21)23(14-28)11-18(12-23)29-13-15-4-2-1-3-5-15/h1-10,18,28H,11-14H2. The minimum Gasteiger partial charge on any atom is -0.395 e. The van der Waals surface area contributed by atoms with Crippen LogP contribution < -0.4 is 0 Å². The Bertz CT molecular complexity index is 1010. The molecule has 0 bridgehead atoms. The van der Waals surface area contributed by atoms with Gasteiger partial charge in [0.1, 0.15) is 11.0 Å². The van der Waals surface area contributed by atoms with Crippen LogP contribution in [-0.4, -0.2) is 22.8 Å². The van der Waals surface area contributed by atoms with E-state index >= 15 is 0 Å².